The first-order valence-electron chi connectivity index (χ1n) is 7.08. The van der Waals surface area contributed by atoms with Crippen LogP contribution >= 0.6 is 0 Å². The Hall–Kier alpha value is -0.570. The van der Waals surface area contributed by atoms with Gasteiger partial charge in [0.25, 0.3) is 0 Å². The minimum atomic E-state index is 0.313. The van der Waals surface area contributed by atoms with Crippen LogP contribution in [0.4, 0.5) is 0 Å². The normalized spacial score (nSPS) is 31.5. The number of hydrogen-bond donors (Lipinski definition) is 1. The summed E-state index contributed by atoms with van der Waals surface area (Å²) in [5, 5.41) is 8.38. The van der Waals surface area contributed by atoms with Gasteiger partial charge in [-0.15, -0.1) is 0 Å². The minimum absolute atomic E-state index is 0.313. The smallest absolute Gasteiger partial charge is 0.0990 e. The molecule has 0 aromatic rings. The van der Waals surface area contributed by atoms with Gasteiger partial charge in [0.15, 0.2) is 0 Å². The molecule has 0 amide bonds. The van der Waals surface area contributed by atoms with Gasteiger partial charge < -0.3 is 9.64 Å². The van der Waals surface area contributed by atoms with E-state index in [9.17, 15) is 0 Å². The van der Waals surface area contributed by atoms with E-state index < -0.39 is 0 Å². The SMILES string of the molecule is COC1CN(C(=N)C2CCCCC2)CCC1C. The van der Waals surface area contributed by atoms with Crippen molar-refractivity contribution in [1.29, 1.82) is 5.41 Å². The topological polar surface area (TPSA) is 36.3 Å². The molecule has 3 heteroatoms. The van der Waals surface area contributed by atoms with Gasteiger partial charge in [0.1, 0.15) is 0 Å². The molecule has 2 aliphatic rings. The Labute approximate surface area is 105 Å². The predicted molar refractivity (Wildman–Crippen MR) is 70.5 cm³/mol. The number of hydrogen-bond acceptors (Lipinski definition) is 2. The summed E-state index contributed by atoms with van der Waals surface area (Å²) in [6.45, 7) is 4.24. The standard InChI is InChI=1S/C14H26N2O/c1-11-8-9-16(10-13(11)17-2)14(15)12-6-4-3-5-7-12/h11-13,15H,3-10H2,1-2H3. The van der Waals surface area contributed by atoms with Crippen molar-refractivity contribution in [2.45, 2.75) is 51.6 Å². The first kappa shape index (κ1) is 12.9. The molecule has 3 nitrogen and oxygen atoms in total. The summed E-state index contributed by atoms with van der Waals surface area (Å²) in [7, 11) is 1.80. The van der Waals surface area contributed by atoms with E-state index in [0.717, 1.165) is 25.3 Å². The Morgan fingerprint density at radius 2 is 1.88 bits per heavy atom. The lowest BCUT2D eigenvalue weighted by Gasteiger charge is -2.40. The van der Waals surface area contributed by atoms with Gasteiger partial charge in [-0.05, 0) is 25.2 Å². The molecule has 2 rings (SSSR count). The van der Waals surface area contributed by atoms with E-state index in [0.29, 0.717) is 17.9 Å². The number of methoxy groups -OCH3 is 1. The summed E-state index contributed by atoms with van der Waals surface area (Å²) < 4.78 is 5.53. The molecule has 2 unspecified atom stereocenters. The summed E-state index contributed by atoms with van der Waals surface area (Å²) in [6.07, 6.45) is 7.91. The third-order valence-corrected chi connectivity index (χ3v) is 4.52. The lowest BCUT2D eigenvalue weighted by molar-refractivity contribution is 0.0131. The second kappa shape index (κ2) is 5.85. The van der Waals surface area contributed by atoms with Gasteiger partial charge in [-0.3, -0.25) is 5.41 Å². The molecular formula is C14H26N2O. The van der Waals surface area contributed by atoms with Crippen LogP contribution in [-0.4, -0.2) is 37.0 Å². The third kappa shape index (κ3) is 3.01. The molecular weight excluding hydrogens is 212 g/mol. The van der Waals surface area contributed by atoms with E-state index in [1.54, 1.807) is 7.11 Å². The Morgan fingerprint density at radius 1 is 1.18 bits per heavy atom. The van der Waals surface area contributed by atoms with Crippen LogP contribution in [0.3, 0.4) is 0 Å². The van der Waals surface area contributed by atoms with Crippen molar-refractivity contribution < 1.29 is 4.74 Å². The number of amidine groups is 1. The fraction of sp³-hybridized carbons (Fsp3) is 0.929. The van der Waals surface area contributed by atoms with Gasteiger partial charge in [0.2, 0.25) is 0 Å². The average molecular weight is 238 g/mol. The molecule has 1 N–H and O–H groups in total. The number of nitrogens with one attached hydrogen (secondary N) is 1. The Kier molecular flexibility index (Phi) is 4.43. The number of nitrogens with zero attached hydrogens (tertiary/aromatic N) is 1. The maximum Gasteiger partial charge on any atom is 0.0990 e. The van der Waals surface area contributed by atoms with Gasteiger partial charge in [-0.1, -0.05) is 26.2 Å². The van der Waals surface area contributed by atoms with Gasteiger partial charge in [0.05, 0.1) is 11.9 Å². The predicted octanol–water partition coefficient (Wildman–Crippen LogP) is 2.90. The van der Waals surface area contributed by atoms with Gasteiger partial charge >= 0.3 is 0 Å². The summed E-state index contributed by atoms with van der Waals surface area (Å²) in [5.74, 6) is 2.05. The molecule has 98 valence electrons. The highest BCUT2D eigenvalue weighted by Gasteiger charge is 2.30. The molecule has 1 aliphatic carbocycles. The lowest BCUT2D eigenvalue weighted by Crippen LogP contribution is -2.48. The molecule has 0 radical (unpaired) electrons. The first-order valence-corrected chi connectivity index (χ1v) is 7.08. The average Bonchev–Trinajstić information content (AvgIpc) is 2.39. The minimum Gasteiger partial charge on any atom is -0.379 e. The van der Waals surface area contributed by atoms with Crippen molar-refractivity contribution in [2.24, 2.45) is 11.8 Å². The van der Waals surface area contributed by atoms with Gasteiger partial charge in [-0.25, -0.2) is 0 Å². The van der Waals surface area contributed by atoms with E-state index >= 15 is 0 Å². The van der Waals surface area contributed by atoms with Crippen LogP contribution in [0.25, 0.3) is 0 Å². The van der Waals surface area contributed by atoms with Crippen LogP contribution in [-0.2, 0) is 4.74 Å². The van der Waals surface area contributed by atoms with E-state index in [-0.39, 0.29) is 0 Å². The van der Waals surface area contributed by atoms with E-state index in [2.05, 4.69) is 11.8 Å². The fourth-order valence-electron chi connectivity index (χ4n) is 3.19. The summed E-state index contributed by atoms with van der Waals surface area (Å²) in [4.78, 5) is 2.27. The Balaban J connectivity index is 1.90. The quantitative estimate of drug-likeness (QED) is 0.593. The molecule has 0 aromatic heterocycles. The Morgan fingerprint density at radius 3 is 2.53 bits per heavy atom. The zero-order valence-corrected chi connectivity index (χ0v) is 11.2. The number of likely N-dealkylation sites (tertiary alicyclic amines) is 1. The molecule has 0 spiro atoms. The zero-order valence-electron chi connectivity index (χ0n) is 11.2. The summed E-state index contributed by atoms with van der Waals surface area (Å²) in [5.41, 5.74) is 0. The highest BCUT2D eigenvalue weighted by atomic mass is 16.5. The second-order valence-electron chi connectivity index (χ2n) is 5.71. The monoisotopic (exact) mass is 238 g/mol. The molecule has 0 bridgehead atoms. The van der Waals surface area contributed by atoms with Crippen molar-refractivity contribution >= 4 is 5.84 Å². The van der Waals surface area contributed by atoms with Crippen molar-refractivity contribution in [3.05, 3.63) is 0 Å². The van der Waals surface area contributed by atoms with Crippen LogP contribution in [0, 0.1) is 17.2 Å². The number of ether oxygens (including phenoxy) is 1. The van der Waals surface area contributed by atoms with Crippen molar-refractivity contribution in [2.75, 3.05) is 20.2 Å². The van der Waals surface area contributed by atoms with Crippen molar-refractivity contribution in [1.82, 2.24) is 4.90 Å². The van der Waals surface area contributed by atoms with Crippen LogP contribution in [0.2, 0.25) is 0 Å². The van der Waals surface area contributed by atoms with Gasteiger partial charge in [-0.2, -0.15) is 0 Å². The second-order valence-corrected chi connectivity index (χ2v) is 5.71. The molecule has 2 fully saturated rings. The molecule has 1 saturated heterocycles. The maximum absolute atomic E-state index is 8.38. The van der Waals surface area contributed by atoms with Gasteiger partial charge in [0, 0.05) is 26.1 Å². The largest absolute Gasteiger partial charge is 0.379 e. The van der Waals surface area contributed by atoms with Crippen molar-refractivity contribution in [3.8, 4) is 0 Å². The molecule has 2 atom stereocenters. The summed E-state index contributed by atoms with van der Waals surface area (Å²) >= 11 is 0. The fourth-order valence-corrected chi connectivity index (χ4v) is 3.19. The maximum atomic E-state index is 8.38. The zero-order chi connectivity index (χ0) is 12.3. The molecule has 0 aromatic carbocycles. The molecule has 17 heavy (non-hydrogen) atoms. The third-order valence-electron chi connectivity index (χ3n) is 4.52. The van der Waals surface area contributed by atoms with Crippen LogP contribution in [0.1, 0.15) is 45.4 Å². The molecule has 1 heterocycles. The summed E-state index contributed by atoms with van der Waals surface area (Å²) in [6, 6.07) is 0. The Bertz CT molecular complexity index is 261. The molecule has 1 saturated carbocycles. The highest BCUT2D eigenvalue weighted by Crippen LogP contribution is 2.28. The number of piperidine rings is 1. The van der Waals surface area contributed by atoms with Crippen LogP contribution in [0.5, 0.6) is 0 Å². The van der Waals surface area contributed by atoms with Crippen LogP contribution < -0.4 is 0 Å². The lowest BCUT2D eigenvalue weighted by atomic mass is 9.86. The first-order chi connectivity index (χ1) is 8.22. The van der Waals surface area contributed by atoms with Crippen molar-refractivity contribution in [3.63, 3.8) is 0 Å². The highest BCUT2D eigenvalue weighted by molar-refractivity contribution is 5.81. The van der Waals surface area contributed by atoms with E-state index in [1.165, 1.54) is 32.1 Å². The molecule has 1 aliphatic heterocycles. The number of rotatable bonds is 2. The van der Waals surface area contributed by atoms with Crippen LogP contribution in [0.15, 0.2) is 0 Å². The van der Waals surface area contributed by atoms with E-state index in [4.69, 9.17) is 10.1 Å². The van der Waals surface area contributed by atoms with E-state index in [1.807, 2.05) is 0 Å².